The monoisotopic (exact) mass is 292 g/mol. The van der Waals surface area contributed by atoms with Crippen LogP contribution in [0, 0.1) is 6.92 Å². The summed E-state index contributed by atoms with van der Waals surface area (Å²) in [5.74, 6) is 0.515. The minimum absolute atomic E-state index is 0.515. The summed E-state index contributed by atoms with van der Waals surface area (Å²) >= 11 is 0. The van der Waals surface area contributed by atoms with Crippen molar-refractivity contribution >= 4 is 27.6 Å². The number of aromatic nitrogens is 2. The zero-order valence-electron chi connectivity index (χ0n) is 12.8. The van der Waals surface area contributed by atoms with Crippen LogP contribution in [0.2, 0.25) is 0 Å². The fourth-order valence-corrected chi connectivity index (χ4v) is 3.35. The standard InChI is InChI=1S/C18H20N4/c1-12-4-5-14-15-9-13(11-22-6-2-3-7-22)10-20-17(15)18(19)21-16(14)8-12/h4-5,8-10H,2-3,6-7,11H2,1H3,(H2,19,21). The molecule has 4 heteroatoms. The van der Waals surface area contributed by atoms with Gasteiger partial charge in [-0.3, -0.25) is 9.88 Å². The van der Waals surface area contributed by atoms with Gasteiger partial charge in [0.1, 0.15) is 5.52 Å². The Labute approximate surface area is 130 Å². The van der Waals surface area contributed by atoms with Gasteiger partial charge in [-0.1, -0.05) is 12.1 Å². The van der Waals surface area contributed by atoms with Crippen molar-refractivity contribution in [1.29, 1.82) is 0 Å². The number of aryl methyl sites for hydroxylation is 1. The number of likely N-dealkylation sites (tertiary alicyclic amines) is 1. The lowest BCUT2D eigenvalue weighted by Crippen LogP contribution is -2.18. The van der Waals surface area contributed by atoms with E-state index in [2.05, 4.69) is 46.1 Å². The van der Waals surface area contributed by atoms with E-state index < -0.39 is 0 Å². The van der Waals surface area contributed by atoms with Gasteiger partial charge in [0.2, 0.25) is 0 Å². The zero-order valence-corrected chi connectivity index (χ0v) is 12.8. The maximum atomic E-state index is 6.10. The molecular formula is C18H20N4. The molecule has 2 aromatic heterocycles. The molecule has 1 aromatic carbocycles. The highest BCUT2D eigenvalue weighted by Gasteiger charge is 2.13. The van der Waals surface area contributed by atoms with E-state index in [-0.39, 0.29) is 0 Å². The first-order valence-corrected chi connectivity index (χ1v) is 7.87. The van der Waals surface area contributed by atoms with E-state index in [1.54, 1.807) is 0 Å². The molecule has 0 radical (unpaired) electrons. The van der Waals surface area contributed by atoms with Crippen LogP contribution in [0.15, 0.2) is 30.5 Å². The number of pyridine rings is 2. The van der Waals surface area contributed by atoms with Crippen LogP contribution in [0.25, 0.3) is 21.8 Å². The van der Waals surface area contributed by atoms with Crippen LogP contribution in [-0.4, -0.2) is 28.0 Å². The first-order valence-electron chi connectivity index (χ1n) is 7.87. The minimum atomic E-state index is 0.515. The number of hydrogen-bond acceptors (Lipinski definition) is 4. The first kappa shape index (κ1) is 13.5. The van der Waals surface area contributed by atoms with E-state index in [1.807, 2.05) is 6.20 Å². The minimum Gasteiger partial charge on any atom is -0.382 e. The van der Waals surface area contributed by atoms with Gasteiger partial charge >= 0.3 is 0 Å². The Morgan fingerprint density at radius 2 is 1.95 bits per heavy atom. The predicted octanol–water partition coefficient (Wildman–Crippen LogP) is 3.27. The lowest BCUT2D eigenvalue weighted by Gasteiger charge is -2.15. The summed E-state index contributed by atoms with van der Waals surface area (Å²) in [6.07, 6.45) is 4.55. The van der Waals surface area contributed by atoms with Crippen molar-refractivity contribution in [3.8, 4) is 0 Å². The summed E-state index contributed by atoms with van der Waals surface area (Å²) in [7, 11) is 0. The van der Waals surface area contributed by atoms with Crippen molar-refractivity contribution in [3.05, 3.63) is 41.6 Å². The van der Waals surface area contributed by atoms with Crippen molar-refractivity contribution < 1.29 is 0 Å². The smallest absolute Gasteiger partial charge is 0.150 e. The third-order valence-electron chi connectivity index (χ3n) is 4.48. The summed E-state index contributed by atoms with van der Waals surface area (Å²) in [4.78, 5) is 11.6. The Morgan fingerprint density at radius 3 is 2.77 bits per heavy atom. The number of nitrogen functional groups attached to an aromatic ring is 1. The molecule has 0 amide bonds. The summed E-state index contributed by atoms with van der Waals surface area (Å²) in [5, 5.41) is 2.24. The molecule has 2 N–H and O–H groups in total. The largest absolute Gasteiger partial charge is 0.382 e. The fraction of sp³-hybridized carbons (Fsp3) is 0.333. The molecule has 0 saturated carbocycles. The van der Waals surface area contributed by atoms with Gasteiger partial charge in [0.25, 0.3) is 0 Å². The summed E-state index contributed by atoms with van der Waals surface area (Å²) in [5.41, 5.74) is 10.3. The highest BCUT2D eigenvalue weighted by Crippen LogP contribution is 2.28. The second-order valence-electron chi connectivity index (χ2n) is 6.24. The number of rotatable bonds is 2. The molecule has 0 unspecified atom stereocenters. The molecule has 4 nitrogen and oxygen atoms in total. The van der Waals surface area contributed by atoms with Crippen molar-refractivity contribution in [3.63, 3.8) is 0 Å². The van der Waals surface area contributed by atoms with Gasteiger partial charge in [0.05, 0.1) is 5.52 Å². The molecule has 0 aliphatic carbocycles. The van der Waals surface area contributed by atoms with Gasteiger partial charge in [0.15, 0.2) is 5.82 Å². The van der Waals surface area contributed by atoms with Crippen molar-refractivity contribution in [1.82, 2.24) is 14.9 Å². The molecule has 112 valence electrons. The second kappa shape index (κ2) is 5.21. The SMILES string of the molecule is Cc1ccc2c(c1)nc(N)c1ncc(CN3CCCC3)cc12. The Morgan fingerprint density at radius 1 is 1.14 bits per heavy atom. The van der Waals surface area contributed by atoms with Crippen molar-refractivity contribution in [2.24, 2.45) is 0 Å². The van der Waals surface area contributed by atoms with E-state index in [0.29, 0.717) is 5.82 Å². The summed E-state index contributed by atoms with van der Waals surface area (Å²) in [6.45, 7) is 5.43. The Balaban J connectivity index is 1.87. The van der Waals surface area contributed by atoms with Gasteiger partial charge in [-0.15, -0.1) is 0 Å². The average Bonchev–Trinajstić information content (AvgIpc) is 3.00. The Bertz CT molecular complexity index is 850. The Kier molecular flexibility index (Phi) is 3.19. The van der Waals surface area contributed by atoms with Crippen LogP contribution in [0.4, 0.5) is 5.82 Å². The van der Waals surface area contributed by atoms with Gasteiger partial charge in [-0.25, -0.2) is 4.98 Å². The molecular weight excluding hydrogens is 272 g/mol. The normalized spacial score (nSPS) is 15.9. The molecule has 1 saturated heterocycles. The number of hydrogen-bond donors (Lipinski definition) is 1. The molecule has 4 rings (SSSR count). The number of nitrogens with two attached hydrogens (primary N) is 1. The van der Waals surface area contributed by atoms with Crippen molar-refractivity contribution in [2.75, 3.05) is 18.8 Å². The molecule has 1 fully saturated rings. The Hall–Kier alpha value is -2.20. The molecule has 3 aromatic rings. The molecule has 0 atom stereocenters. The average molecular weight is 292 g/mol. The van der Waals surface area contributed by atoms with Crippen LogP contribution in [-0.2, 0) is 6.54 Å². The second-order valence-corrected chi connectivity index (χ2v) is 6.24. The number of nitrogens with zero attached hydrogens (tertiary/aromatic N) is 3. The lowest BCUT2D eigenvalue weighted by molar-refractivity contribution is 0.331. The molecule has 1 aliphatic heterocycles. The highest BCUT2D eigenvalue weighted by molar-refractivity contribution is 6.08. The van der Waals surface area contributed by atoms with Crippen LogP contribution in [0.1, 0.15) is 24.0 Å². The van der Waals surface area contributed by atoms with E-state index in [0.717, 1.165) is 28.4 Å². The van der Waals surface area contributed by atoms with Gasteiger partial charge in [-0.05, 0) is 56.1 Å². The molecule has 0 bridgehead atoms. The van der Waals surface area contributed by atoms with Crippen LogP contribution in [0.3, 0.4) is 0 Å². The van der Waals surface area contributed by atoms with Gasteiger partial charge in [-0.2, -0.15) is 0 Å². The van der Waals surface area contributed by atoms with Crippen molar-refractivity contribution in [2.45, 2.75) is 26.3 Å². The molecule has 0 spiro atoms. The molecule has 3 heterocycles. The fourth-order valence-electron chi connectivity index (χ4n) is 3.35. The number of anilines is 1. The van der Waals surface area contributed by atoms with Crippen LogP contribution < -0.4 is 5.73 Å². The third-order valence-corrected chi connectivity index (χ3v) is 4.48. The van der Waals surface area contributed by atoms with Crippen LogP contribution >= 0.6 is 0 Å². The number of benzene rings is 1. The topological polar surface area (TPSA) is 55.0 Å². The first-order chi connectivity index (χ1) is 10.7. The van der Waals surface area contributed by atoms with E-state index in [1.165, 1.54) is 37.1 Å². The van der Waals surface area contributed by atoms with Gasteiger partial charge < -0.3 is 5.73 Å². The van der Waals surface area contributed by atoms with E-state index >= 15 is 0 Å². The predicted molar refractivity (Wildman–Crippen MR) is 90.7 cm³/mol. The zero-order chi connectivity index (χ0) is 15.1. The maximum absolute atomic E-state index is 6.10. The van der Waals surface area contributed by atoms with Crippen LogP contribution in [0.5, 0.6) is 0 Å². The lowest BCUT2D eigenvalue weighted by atomic mass is 10.1. The third kappa shape index (κ3) is 2.29. The summed E-state index contributed by atoms with van der Waals surface area (Å²) < 4.78 is 0. The van der Waals surface area contributed by atoms with E-state index in [4.69, 9.17) is 5.73 Å². The van der Waals surface area contributed by atoms with Gasteiger partial charge in [0, 0.05) is 23.5 Å². The molecule has 1 aliphatic rings. The number of fused-ring (bicyclic) bond motifs is 3. The maximum Gasteiger partial charge on any atom is 0.150 e. The van der Waals surface area contributed by atoms with E-state index in [9.17, 15) is 0 Å². The highest BCUT2D eigenvalue weighted by atomic mass is 15.1. The quantitative estimate of drug-likeness (QED) is 0.737. The molecule has 22 heavy (non-hydrogen) atoms. The summed E-state index contributed by atoms with van der Waals surface area (Å²) in [6, 6.07) is 8.56.